The third-order valence-corrected chi connectivity index (χ3v) is 4.08. The molecule has 0 saturated heterocycles. The fourth-order valence-electron chi connectivity index (χ4n) is 2.84. The molecular weight excluding hydrogens is 228 g/mol. The zero-order valence-electron chi connectivity index (χ0n) is 11.6. The number of aryl methyl sites for hydroxylation is 2. The highest BCUT2D eigenvalue weighted by Crippen LogP contribution is 2.43. The van der Waals surface area contributed by atoms with Crippen molar-refractivity contribution in [1.29, 1.82) is 0 Å². The lowest BCUT2D eigenvalue weighted by atomic mass is 9.81. The third-order valence-electron chi connectivity index (χ3n) is 4.08. The fraction of sp³-hybridized carbons (Fsp3) is 0.692. The number of rotatable bonds is 2. The molecule has 1 unspecified atom stereocenters. The van der Waals surface area contributed by atoms with Gasteiger partial charge in [0.05, 0.1) is 11.4 Å². The van der Waals surface area contributed by atoms with E-state index >= 15 is 0 Å². The number of nitrogen functional groups attached to an aromatic ring is 1. The molecule has 0 spiro atoms. The van der Waals surface area contributed by atoms with E-state index in [1.54, 1.807) is 11.7 Å². The Bertz CT molecular complexity index is 476. The van der Waals surface area contributed by atoms with E-state index in [0.717, 1.165) is 25.0 Å². The smallest absolute Gasteiger partial charge is 0.229 e. The Labute approximate surface area is 108 Å². The number of amides is 1. The minimum absolute atomic E-state index is 0.0621. The maximum absolute atomic E-state index is 12.3. The Balaban J connectivity index is 2.17. The number of carbonyl (C=O) groups excluding carboxylic acids is 1. The Morgan fingerprint density at radius 1 is 1.56 bits per heavy atom. The molecule has 1 fully saturated rings. The number of carbonyl (C=O) groups is 1. The number of nitrogens with zero attached hydrogens (tertiary/aromatic N) is 2. The quantitative estimate of drug-likeness (QED) is 0.844. The van der Waals surface area contributed by atoms with Crippen LogP contribution in [0.25, 0.3) is 0 Å². The molecule has 1 atom stereocenters. The van der Waals surface area contributed by atoms with E-state index in [9.17, 15) is 4.79 Å². The number of hydrogen-bond donors (Lipinski definition) is 2. The summed E-state index contributed by atoms with van der Waals surface area (Å²) in [6.45, 7) is 6.15. The molecule has 0 aliphatic heterocycles. The number of nitrogens with two attached hydrogens (primary N) is 1. The average Bonchev–Trinajstić information content (AvgIpc) is 2.73. The standard InChI is InChI=1S/C13H22N4O/c1-8-10(14)11(17(4)16-8)15-12(18)9-6-5-7-13(9,2)3/h9H,5-7,14H2,1-4H3,(H,15,18). The van der Waals surface area contributed by atoms with E-state index < -0.39 is 0 Å². The van der Waals surface area contributed by atoms with Crippen LogP contribution in [0.5, 0.6) is 0 Å². The maximum atomic E-state index is 12.3. The van der Waals surface area contributed by atoms with E-state index in [2.05, 4.69) is 24.3 Å². The van der Waals surface area contributed by atoms with Gasteiger partial charge in [-0.25, -0.2) is 0 Å². The molecule has 3 N–H and O–H groups in total. The highest BCUT2D eigenvalue weighted by atomic mass is 16.2. The lowest BCUT2D eigenvalue weighted by Gasteiger charge is -2.25. The van der Waals surface area contributed by atoms with E-state index in [0.29, 0.717) is 11.5 Å². The predicted molar refractivity (Wildman–Crippen MR) is 72.1 cm³/mol. The first-order valence-electron chi connectivity index (χ1n) is 6.43. The van der Waals surface area contributed by atoms with Crippen LogP contribution in [0, 0.1) is 18.3 Å². The van der Waals surface area contributed by atoms with E-state index in [1.807, 2.05) is 6.92 Å². The van der Waals surface area contributed by atoms with Gasteiger partial charge in [0.15, 0.2) is 5.82 Å². The molecule has 1 aromatic rings. The molecule has 0 radical (unpaired) electrons. The van der Waals surface area contributed by atoms with Gasteiger partial charge in [0.25, 0.3) is 0 Å². The van der Waals surface area contributed by atoms with Gasteiger partial charge >= 0.3 is 0 Å². The summed E-state index contributed by atoms with van der Waals surface area (Å²) in [6, 6.07) is 0. The molecular formula is C13H22N4O. The minimum Gasteiger partial charge on any atom is -0.394 e. The molecule has 1 heterocycles. The van der Waals surface area contributed by atoms with Crippen molar-refractivity contribution in [2.45, 2.75) is 40.0 Å². The summed E-state index contributed by atoms with van der Waals surface area (Å²) >= 11 is 0. The van der Waals surface area contributed by atoms with Gasteiger partial charge < -0.3 is 11.1 Å². The van der Waals surface area contributed by atoms with Crippen molar-refractivity contribution in [3.05, 3.63) is 5.69 Å². The van der Waals surface area contributed by atoms with Crippen molar-refractivity contribution in [2.24, 2.45) is 18.4 Å². The molecule has 100 valence electrons. The normalized spacial score (nSPS) is 22.1. The summed E-state index contributed by atoms with van der Waals surface area (Å²) in [5.41, 5.74) is 7.30. The summed E-state index contributed by atoms with van der Waals surface area (Å²) in [5, 5.41) is 7.14. The van der Waals surface area contributed by atoms with Gasteiger partial charge in [-0.2, -0.15) is 5.10 Å². The van der Waals surface area contributed by atoms with Gasteiger partial charge in [-0.15, -0.1) is 0 Å². The van der Waals surface area contributed by atoms with Crippen LogP contribution >= 0.6 is 0 Å². The van der Waals surface area contributed by atoms with E-state index in [4.69, 9.17) is 5.73 Å². The van der Waals surface area contributed by atoms with Crippen LogP contribution < -0.4 is 11.1 Å². The van der Waals surface area contributed by atoms with Gasteiger partial charge in [-0.1, -0.05) is 20.3 Å². The third kappa shape index (κ3) is 2.09. The first kappa shape index (κ1) is 12.9. The van der Waals surface area contributed by atoms with Crippen LogP contribution in [0.3, 0.4) is 0 Å². The second kappa shape index (κ2) is 4.30. The van der Waals surface area contributed by atoms with Crippen molar-refractivity contribution in [3.8, 4) is 0 Å². The van der Waals surface area contributed by atoms with Gasteiger partial charge in [-0.3, -0.25) is 9.48 Å². The summed E-state index contributed by atoms with van der Waals surface area (Å²) in [6.07, 6.45) is 3.17. The van der Waals surface area contributed by atoms with Crippen molar-refractivity contribution in [3.63, 3.8) is 0 Å². The fourth-order valence-corrected chi connectivity index (χ4v) is 2.84. The summed E-state index contributed by atoms with van der Waals surface area (Å²) in [5.74, 6) is 0.736. The number of aromatic nitrogens is 2. The summed E-state index contributed by atoms with van der Waals surface area (Å²) in [4.78, 5) is 12.3. The van der Waals surface area contributed by atoms with Gasteiger partial charge in [0, 0.05) is 13.0 Å². The second-order valence-electron chi connectivity index (χ2n) is 5.89. The molecule has 1 aliphatic rings. The van der Waals surface area contributed by atoms with Crippen molar-refractivity contribution >= 4 is 17.4 Å². The Morgan fingerprint density at radius 2 is 2.22 bits per heavy atom. The predicted octanol–water partition coefficient (Wildman–Crippen LogP) is 2.08. The first-order chi connectivity index (χ1) is 8.33. The molecule has 18 heavy (non-hydrogen) atoms. The summed E-state index contributed by atoms with van der Waals surface area (Å²) < 4.78 is 1.63. The van der Waals surface area contributed by atoms with Gasteiger partial charge in [0.1, 0.15) is 0 Å². The van der Waals surface area contributed by atoms with Gasteiger partial charge in [-0.05, 0) is 25.2 Å². The van der Waals surface area contributed by atoms with Crippen LogP contribution in [0.4, 0.5) is 11.5 Å². The molecule has 5 nitrogen and oxygen atoms in total. The molecule has 1 aromatic heterocycles. The Hall–Kier alpha value is -1.52. The van der Waals surface area contributed by atoms with Crippen molar-refractivity contribution < 1.29 is 4.79 Å². The second-order valence-corrected chi connectivity index (χ2v) is 5.89. The molecule has 1 amide bonds. The van der Waals surface area contributed by atoms with Crippen molar-refractivity contribution in [1.82, 2.24) is 9.78 Å². The van der Waals surface area contributed by atoms with Crippen LogP contribution in [0.15, 0.2) is 0 Å². The topological polar surface area (TPSA) is 72.9 Å². The lowest BCUT2D eigenvalue weighted by molar-refractivity contribution is -0.122. The van der Waals surface area contributed by atoms with Crippen LogP contribution in [-0.4, -0.2) is 15.7 Å². The zero-order valence-corrected chi connectivity index (χ0v) is 11.6. The first-order valence-corrected chi connectivity index (χ1v) is 6.43. The van der Waals surface area contributed by atoms with Crippen LogP contribution in [0.2, 0.25) is 0 Å². The van der Waals surface area contributed by atoms with E-state index in [-0.39, 0.29) is 17.2 Å². The SMILES string of the molecule is Cc1nn(C)c(NC(=O)C2CCCC2(C)C)c1N. The molecule has 5 heteroatoms. The van der Waals surface area contributed by atoms with Crippen LogP contribution in [0.1, 0.15) is 38.8 Å². The highest BCUT2D eigenvalue weighted by molar-refractivity contribution is 5.95. The van der Waals surface area contributed by atoms with Crippen LogP contribution in [-0.2, 0) is 11.8 Å². The monoisotopic (exact) mass is 250 g/mol. The number of hydrogen-bond acceptors (Lipinski definition) is 3. The largest absolute Gasteiger partial charge is 0.394 e. The number of anilines is 2. The molecule has 1 saturated carbocycles. The molecule has 0 aromatic carbocycles. The molecule has 2 rings (SSSR count). The van der Waals surface area contributed by atoms with E-state index in [1.165, 1.54) is 0 Å². The average molecular weight is 250 g/mol. The summed E-state index contributed by atoms with van der Waals surface area (Å²) in [7, 11) is 1.79. The minimum atomic E-state index is 0.0621. The Kier molecular flexibility index (Phi) is 3.09. The molecule has 0 bridgehead atoms. The maximum Gasteiger partial charge on any atom is 0.229 e. The Morgan fingerprint density at radius 3 is 2.67 bits per heavy atom. The highest BCUT2D eigenvalue weighted by Gasteiger charge is 2.39. The molecule has 1 aliphatic carbocycles. The number of nitrogens with one attached hydrogen (secondary N) is 1. The zero-order chi connectivity index (χ0) is 13.5. The lowest BCUT2D eigenvalue weighted by Crippen LogP contribution is -2.31. The van der Waals surface area contributed by atoms with Gasteiger partial charge in [0.2, 0.25) is 5.91 Å². The van der Waals surface area contributed by atoms with Crippen molar-refractivity contribution in [2.75, 3.05) is 11.1 Å².